The first-order valence-corrected chi connectivity index (χ1v) is 6.52. The highest BCUT2D eigenvalue weighted by atomic mass is 16.6. The standard InChI is InChI=1S/C14H21NO3/c1-11(3-2-6-16)15-10-12-4-5-13-14(9-12)18-8-7-17-13/h4-5,9,11,15-16H,2-3,6-8,10H2,1H3. The Morgan fingerprint density at radius 1 is 1.28 bits per heavy atom. The van der Waals surface area contributed by atoms with Crippen molar-refractivity contribution in [3.05, 3.63) is 23.8 Å². The third-order valence-electron chi connectivity index (χ3n) is 3.06. The number of aliphatic hydroxyl groups excluding tert-OH is 1. The Labute approximate surface area is 108 Å². The zero-order valence-electron chi connectivity index (χ0n) is 10.8. The van der Waals surface area contributed by atoms with Crippen molar-refractivity contribution < 1.29 is 14.6 Å². The van der Waals surface area contributed by atoms with E-state index < -0.39 is 0 Å². The number of ether oxygens (including phenoxy) is 2. The van der Waals surface area contributed by atoms with Crippen molar-refractivity contribution in [1.29, 1.82) is 0 Å². The number of nitrogens with one attached hydrogen (secondary N) is 1. The van der Waals surface area contributed by atoms with E-state index in [4.69, 9.17) is 14.6 Å². The van der Waals surface area contributed by atoms with Crippen LogP contribution in [0.4, 0.5) is 0 Å². The van der Waals surface area contributed by atoms with Gasteiger partial charge in [-0.05, 0) is 37.5 Å². The van der Waals surface area contributed by atoms with Crippen LogP contribution in [0.15, 0.2) is 18.2 Å². The molecule has 1 aliphatic heterocycles. The zero-order chi connectivity index (χ0) is 12.8. The summed E-state index contributed by atoms with van der Waals surface area (Å²) in [5.41, 5.74) is 1.19. The van der Waals surface area contributed by atoms with Gasteiger partial charge < -0.3 is 19.9 Å². The molecule has 0 fully saturated rings. The first kappa shape index (κ1) is 13.2. The van der Waals surface area contributed by atoms with Gasteiger partial charge in [-0.2, -0.15) is 0 Å². The first-order valence-electron chi connectivity index (χ1n) is 6.52. The fourth-order valence-corrected chi connectivity index (χ4v) is 1.99. The Balaban J connectivity index is 1.86. The molecule has 1 atom stereocenters. The molecule has 0 amide bonds. The summed E-state index contributed by atoms with van der Waals surface area (Å²) in [7, 11) is 0. The second-order valence-electron chi connectivity index (χ2n) is 4.63. The van der Waals surface area contributed by atoms with E-state index in [1.165, 1.54) is 5.56 Å². The lowest BCUT2D eigenvalue weighted by atomic mass is 10.1. The molecule has 2 N–H and O–H groups in total. The summed E-state index contributed by atoms with van der Waals surface area (Å²) in [6.07, 6.45) is 1.83. The van der Waals surface area contributed by atoms with Crippen LogP contribution in [0.2, 0.25) is 0 Å². The number of fused-ring (bicyclic) bond motifs is 1. The zero-order valence-corrected chi connectivity index (χ0v) is 10.8. The molecule has 0 saturated heterocycles. The molecule has 18 heavy (non-hydrogen) atoms. The Morgan fingerprint density at radius 2 is 2.06 bits per heavy atom. The minimum atomic E-state index is 0.260. The predicted molar refractivity (Wildman–Crippen MR) is 70.1 cm³/mol. The smallest absolute Gasteiger partial charge is 0.161 e. The number of benzene rings is 1. The Hall–Kier alpha value is -1.26. The van der Waals surface area contributed by atoms with Gasteiger partial charge in [0, 0.05) is 19.2 Å². The molecule has 1 heterocycles. The number of hydrogen-bond acceptors (Lipinski definition) is 4. The van der Waals surface area contributed by atoms with Gasteiger partial charge in [0.1, 0.15) is 13.2 Å². The highest BCUT2D eigenvalue weighted by molar-refractivity contribution is 5.43. The van der Waals surface area contributed by atoms with E-state index in [1.807, 2.05) is 12.1 Å². The van der Waals surface area contributed by atoms with Gasteiger partial charge in [0.2, 0.25) is 0 Å². The molecule has 4 heteroatoms. The average molecular weight is 251 g/mol. The highest BCUT2D eigenvalue weighted by Gasteiger charge is 2.11. The van der Waals surface area contributed by atoms with Crippen molar-refractivity contribution >= 4 is 0 Å². The lowest BCUT2D eigenvalue weighted by molar-refractivity contribution is 0.171. The third-order valence-corrected chi connectivity index (χ3v) is 3.06. The maximum atomic E-state index is 8.77. The van der Waals surface area contributed by atoms with Gasteiger partial charge in [-0.15, -0.1) is 0 Å². The molecule has 0 spiro atoms. The van der Waals surface area contributed by atoms with Crippen molar-refractivity contribution in [3.8, 4) is 11.5 Å². The van der Waals surface area contributed by atoms with Crippen molar-refractivity contribution in [2.24, 2.45) is 0 Å². The summed E-state index contributed by atoms with van der Waals surface area (Å²) >= 11 is 0. The number of hydrogen-bond donors (Lipinski definition) is 2. The van der Waals surface area contributed by atoms with E-state index in [9.17, 15) is 0 Å². The summed E-state index contributed by atoms with van der Waals surface area (Å²) in [5.74, 6) is 1.67. The van der Waals surface area contributed by atoms with Crippen LogP contribution in [-0.4, -0.2) is 31.0 Å². The fourth-order valence-electron chi connectivity index (χ4n) is 1.99. The van der Waals surface area contributed by atoms with Crippen LogP contribution >= 0.6 is 0 Å². The summed E-state index contributed by atoms with van der Waals surface area (Å²) in [6.45, 7) is 4.45. The molecule has 0 bridgehead atoms. The lowest BCUT2D eigenvalue weighted by Gasteiger charge is -2.19. The Morgan fingerprint density at radius 3 is 2.83 bits per heavy atom. The summed E-state index contributed by atoms with van der Waals surface area (Å²) < 4.78 is 11.0. The highest BCUT2D eigenvalue weighted by Crippen LogP contribution is 2.30. The van der Waals surface area contributed by atoms with Crippen LogP contribution in [0.25, 0.3) is 0 Å². The van der Waals surface area contributed by atoms with Gasteiger partial charge in [-0.3, -0.25) is 0 Å². The minimum absolute atomic E-state index is 0.260. The molecule has 100 valence electrons. The Kier molecular flexibility index (Phi) is 4.84. The molecule has 1 unspecified atom stereocenters. The Bertz CT molecular complexity index is 381. The predicted octanol–water partition coefficient (Wildman–Crippen LogP) is 1.71. The van der Waals surface area contributed by atoms with Crippen LogP contribution in [0, 0.1) is 0 Å². The van der Waals surface area contributed by atoms with Crippen molar-refractivity contribution in [2.75, 3.05) is 19.8 Å². The van der Waals surface area contributed by atoms with E-state index in [0.717, 1.165) is 30.9 Å². The normalized spacial score (nSPS) is 15.4. The van der Waals surface area contributed by atoms with Gasteiger partial charge in [0.05, 0.1) is 0 Å². The lowest BCUT2D eigenvalue weighted by Crippen LogP contribution is -2.25. The van der Waals surface area contributed by atoms with Gasteiger partial charge in [0.25, 0.3) is 0 Å². The second-order valence-corrected chi connectivity index (χ2v) is 4.63. The average Bonchev–Trinajstić information content (AvgIpc) is 2.42. The van der Waals surface area contributed by atoms with Crippen LogP contribution in [0.5, 0.6) is 11.5 Å². The van der Waals surface area contributed by atoms with Crippen LogP contribution < -0.4 is 14.8 Å². The molecular formula is C14H21NO3. The van der Waals surface area contributed by atoms with Crippen molar-refractivity contribution in [3.63, 3.8) is 0 Å². The first-order chi connectivity index (χ1) is 8.79. The van der Waals surface area contributed by atoms with Gasteiger partial charge >= 0.3 is 0 Å². The van der Waals surface area contributed by atoms with E-state index in [2.05, 4.69) is 18.3 Å². The van der Waals surface area contributed by atoms with Gasteiger partial charge in [-0.1, -0.05) is 6.07 Å². The number of aliphatic hydroxyl groups is 1. The molecule has 2 rings (SSSR count). The topological polar surface area (TPSA) is 50.7 Å². The van der Waals surface area contributed by atoms with E-state index in [-0.39, 0.29) is 6.61 Å². The maximum absolute atomic E-state index is 8.77. The quantitative estimate of drug-likeness (QED) is 0.808. The largest absolute Gasteiger partial charge is 0.486 e. The SMILES string of the molecule is CC(CCCO)NCc1ccc2c(c1)OCCO2. The van der Waals surface area contributed by atoms with Gasteiger partial charge in [-0.25, -0.2) is 0 Å². The van der Waals surface area contributed by atoms with E-state index in [0.29, 0.717) is 19.3 Å². The second kappa shape index (κ2) is 6.61. The van der Waals surface area contributed by atoms with Crippen LogP contribution in [0.3, 0.4) is 0 Å². The van der Waals surface area contributed by atoms with Crippen LogP contribution in [-0.2, 0) is 6.54 Å². The fraction of sp³-hybridized carbons (Fsp3) is 0.571. The molecular weight excluding hydrogens is 230 g/mol. The molecule has 1 aliphatic rings. The monoisotopic (exact) mass is 251 g/mol. The molecule has 0 saturated carbocycles. The molecule has 0 radical (unpaired) electrons. The molecule has 1 aromatic rings. The van der Waals surface area contributed by atoms with E-state index in [1.54, 1.807) is 0 Å². The van der Waals surface area contributed by atoms with Gasteiger partial charge in [0.15, 0.2) is 11.5 Å². The van der Waals surface area contributed by atoms with Crippen molar-refractivity contribution in [1.82, 2.24) is 5.32 Å². The molecule has 0 aliphatic carbocycles. The molecule has 0 aromatic heterocycles. The minimum Gasteiger partial charge on any atom is -0.486 e. The molecule has 4 nitrogen and oxygen atoms in total. The van der Waals surface area contributed by atoms with E-state index >= 15 is 0 Å². The van der Waals surface area contributed by atoms with Crippen LogP contribution in [0.1, 0.15) is 25.3 Å². The summed E-state index contributed by atoms with van der Waals surface area (Å²) in [4.78, 5) is 0. The summed E-state index contributed by atoms with van der Waals surface area (Å²) in [6, 6.07) is 6.45. The summed E-state index contributed by atoms with van der Waals surface area (Å²) in [5, 5.41) is 12.2. The molecule has 1 aromatic carbocycles. The van der Waals surface area contributed by atoms with Crippen molar-refractivity contribution in [2.45, 2.75) is 32.4 Å². The third kappa shape index (κ3) is 3.62. The maximum Gasteiger partial charge on any atom is 0.161 e. The number of rotatable bonds is 6.